The Labute approximate surface area is 114 Å². The fraction of sp³-hybridized carbons (Fsp3) is 0.417. The van der Waals surface area contributed by atoms with E-state index in [1.54, 1.807) is 6.20 Å². The van der Waals surface area contributed by atoms with Crippen molar-refractivity contribution < 1.29 is 0 Å². The largest absolute Gasteiger partial charge is 0.383 e. The molecule has 1 aliphatic carbocycles. The summed E-state index contributed by atoms with van der Waals surface area (Å²) in [4.78, 5) is 9.00. The van der Waals surface area contributed by atoms with Gasteiger partial charge in [0.1, 0.15) is 11.5 Å². The van der Waals surface area contributed by atoms with Crippen molar-refractivity contribution in [1.29, 1.82) is 0 Å². The maximum absolute atomic E-state index is 5.96. The smallest absolute Gasteiger partial charge is 0.180 e. The Balaban J connectivity index is 2.12. The summed E-state index contributed by atoms with van der Waals surface area (Å²) in [5.41, 5.74) is 7.90. The highest BCUT2D eigenvalue weighted by molar-refractivity contribution is 9.10. The van der Waals surface area contributed by atoms with Gasteiger partial charge < -0.3 is 5.73 Å². The highest BCUT2D eigenvalue weighted by atomic mass is 79.9. The van der Waals surface area contributed by atoms with Gasteiger partial charge in [0.2, 0.25) is 0 Å². The molecule has 94 valence electrons. The molecule has 0 aromatic carbocycles. The van der Waals surface area contributed by atoms with E-state index < -0.39 is 0 Å². The first-order valence-electron chi connectivity index (χ1n) is 6.05. The molecule has 0 aliphatic heterocycles. The second-order valence-corrected chi connectivity index (χ2v) is 5.23. The first-order chi connectivity index (χ1) is 8.70. The van der Waals surface area contributed by atoms with Crippen LogP contribution < -0.4 is 5.73 Å². The predicted molar refractivity (Wildman–Crippen MR) is 73.0 cm³/mol. The standard InChI is InChI=1S/C12H14BrN5/c1-2-18-8(5-6-15-18)12-16-10(7-3-4-7)9(13)11(14)17-12/h5-7H,2-4H2,1H3,(H2,14,16,17). The molecular formula is C12H14BrN5. The number of halogens is 1. The van der Waals surface area contributed by atoms with Gasteiger partial charge in [0.25, 0.3) is 0 Å². The number of aryl methyl sites for hydroxylation is 1. The van der Waals surface area contributed by atoms with Gasteiger partial charge in [0.15, 0.2) is 5.82 Å². The van der Waals surface area contributed by atoms with Gasteiger partial charge in [0.05, 0.1) is 10.2 Å². The van der Waals surface area contributed by atoms with Crippen molar-refractivity contribution in [3.63, 3.8) is 0 Å². The molecule has 1 aliphatic rings. The van der Waals surface area contributed by atoms with Gasteiger partial charge >= 0.3 is 0 Å². The van der Waals surface area contributed by atoms with Crippen LogP contribution in [0.15, 0.2) is 16.7 Å². The van der Waals surface area contributed by atoms with Crippen LogP contribution >= 0.6 is 15.9 Å². The topological polar surface area (TPSA) is 69.6 Å². The van der Waals surface area contributed by atoms with Crippen molar-refractivity contribution in [2.75, 3.05) is 5.73 Å². The highest BCUT2D eigenvalue weighted by Crippen LogP contribution is 2.43. The number of hydrogen-bond donors (Lipinski definition) is 1. The molecule has 1 saturated carbocycles. The van der Waals surface area contributed by atoms with Crippen LogP contribution in [0.1, 0.15) is 31.4 Å². The van der Waals surface area contributed by atoms with Crippen LogP contribution in [0.5, 0.6) is 0 Å². The lowest BCUT2D eigenvalue weighted by molar-refractivity contribution is 0.663. The summed E-state index contributed by atoms with van der Waals surface area (Å²) in [6.07, 6.45) is 4.13. The fourth-order valence-electron chi connectivity index (χ4n) is 2.00. The summed E-state index contributed by atoms with van der Waals surface area (Å²) in [6.45, 7) is 2.83. The molecule has 3 rings (SSSR count). The van der Waals surface area contributed by atoms with E-state index >= 15 is 0 Å². The minimum absolute atomic E-state index is 0.505. The van der Waals surface area contributed by atoms with Crippen LogP contribution in [-0.2, 0) is 6.54 Å². The molecule has 0 saturated heterocycles. The van der Waals surface area contributed by atoms with Gasteiger partial charge in [-0.15, -0.1) is 0 Å². The van der Waals surface area contributed by atoms with Crippen molar-refractivity contribution in [3.05, 3.63) is 22.4 Å². The minimum Gasteiger partial charge on any atom is -0.383 e. The zero-order valence-corrected chi connectivity index (χ0v) is 11.7. The van der Waals surface area contributed by atoms with E-state index in [0.29, 0.717) is 17.6 Å². The third kappa shape index (κ3) is 1.90. The van der Waals surface area contributed by atoms with E-state index in [0.717, 1.165) is 22.4 Å². The van der Waals surface area contributed by atoms with E-state index in [1.807, 2.05) is 17.7 Å². The first kappa shape index (κ1) is 11.6. The van der Waals surface area contributed by atoms with Gasteiger partial charge in [-0.1, -0.05) is 0 Å². The zero-order chi connectivity index (χ0) is 12.7. The Morgan fingerprint density at radius 3 is 2.89 bits per heavy atom. The molecular weight excluding hydrogens is 294 g/mol. The first-order valence-corrected chi connectivity index (χ1v) is 6.85. The molecule has 2 N–H and O–H groups in total. The van der Waals surface area contributed by atoms with E-state index in [1.165, 1.54) is 12.8 Å². The molecule has 2 aromatic rings. The quantitative estimate of drug-likeness (QED) is 0.946. The van der Waals surface area contributed by atoms with E-state index in [2.05, 4.69) is 31.0 Å². The van der Waals surface area contributed by atoms with E-state index in [9.17, 15) is 0 Å². The van der Waals surface area contributed by atoms with Gasteiger partial charge in [-0.2, -0.15) is 5.10 Å². The summed E-state index contributed by atoms with van der Waals surface area (Å²) >= 11 is 3.48. The lowest BCUT2D eigenvalue weighted by Gasteiger charge is -2.09. The molecule has 6 heteroatoms. The van der Waals surface area contributed by atoms with E-state index in [-0.39, 0.29) is 0 Å². The van der Waals surface area contributed by atoms with Crippen molar-refractivity contribution in [2.45, 2.75) is 32.2 Å². The number of nitrogen functional groups attached to an aromatic ring is 1. The Hall–Kier alpha value is -1.43. The molecule has 0 atom stereocenters. The van der Waals surface area contributed by atoms with Gasteiger partial charge in [-0.05, 0) is 41.8 Å². The van der Waals surface area contributed by atoms with Crippen LogP contribution in [0.3, 0.4) is 0 Å². The number of rotatable bonds is 3. The molecule has 0 unspecified atom stereocenters. The van der Waals surface area contributed by atoms with Crippen LogP contribution in [0.25, 0.3) is 11.5 Å². The molecule has 0 bridgehead atoms. The summed E-state index contributed by atoms with van der Waals surface area (Å²) < 4.78 is 2.72. The Morgan fingerprint density at radius 1 is 1.44 bits per heavy atom. The number of hydrogen-bond acceptors (Lipinski definition) is 4. The minimum atomic E-state index is 0.505. The number of aromatic nitrogens is 4. The lowest BCUT2D eigenvalue weighted by Crippen LogP contribution is -2.06. The van der Waals surface area contributed by atoms with Gasteiger partial charge in [-0.3, -0.25) is 4.68 Å². The average Bonchev–Trinajstić information content (AvgIpc) is 3.09. The Kier molecular flexibility index (Phi) is 2.81. The van der Waals surface area contributed by atoms with Crippen LogP contribution in [0.2, 0.25) is 0 Å². The molecule has 1 fully saturated rings. The molecule has 2 aromatic heterocycles. The maximum Gasteiger partial charge on any atom is 0.180 e. The van der Waals surface area contributed by atoms with Crippen molar-refractivity contribution >= 4 is 21.7 Å². The zero-order valence-electron chi connectivity index (χ0n) is 10.1. The van der Waals surface area contributed by atoms with Crippen LogP contribution in [-0.4, -0.2) is 19.7 Å². The van der Waals surface area contributed by atoms with Gasteiger partial charge in [0, 0.05) is 18.7 Å². The monoisotopic (exact) mass is 307 g/mol. The molecule has 0 amide bonds. The fourth-order valence-corrected chi connectivity index (χ4v) is 2.50. The van der Waals surface area contributed by atoms with E-state index in [4.69, 9.17) is 5.73 Å². The molecule has 5 nitrogen and oxygen atoms in total. The highest BCUT2D eigenvalue weighted by Gasteiger charge is 2.29. The second-order valence-electron chi connectivity index (χ2n) is 4.44. The predicted octanol–water partition coefficient (Wildman–Crippen LogP) is 2.58. The summed E-state index contributed by atoms with van der Waals surface area (Å²) in [5.74, 6) is 1.70. The number of anilines is 1. The third-order valence-electron chi connectivity index (χ3n) is 3.11. The summed E-state index contributed by atoms with van der Waals surface area (Å²) in [6, 6.07) is 1.92. The van der Waals surface area contributed by atoms with Gasteiger partial charge in [-0.25, -0.2) is 9.97 Å². The van der Waals surface area contributed by atoms with Crippen LogP contribution in [0.4, 0.5) is 5.82 Å². The summed E-state index contributed by atoms with van der Waals surface area (Å²) in [5, 5.41) is 4.24. The molecule has 0 radical (unpaired) electrons. The van der Waals surface area contributed by atoms with Crippen molar-refractivity contribution in [1.82, 2.24) is 19.7 Å². The summed E-state index contributed by atoms with van der Waals surface area (Å²) in [7, 11) is 0. The number of nitrogens with zero attached hydrogens (tertiary/aromatic N) is 4. The molecule has 0 spiro atoms. The molecule has 2 heterocycles. The third-order valence-corrected chi connectivity index (χ3v) is 3.92. The maximum atomic E-state index is 5.96. The lowest BCUT2D eigenvalue weighted by atomic mass is 10.2. The molecule has 18 heavy (non-hydrogen) atoms. The average molecular weight is 308 g/mol. The van der Waals surface area contributed by atoms with Crippen molar-refractivity contribution in [2.24, 2.45) is 0 Å². The van der Waals surface area contributed by atoms with Crippen molar-refractivity contribution in [3.8, 4) is 11.5 Å². The Bertz CT molecular complexity index is 588. The SMILES string of the molecule is CCn1nccc1-c1nc(N)c(Br)c(C2CC2)n1. The van der Waals surface area contributed by atoms with Crippen LogP contribution in [0, 0.1) is 0 Å². The number of nitrogens with two attached hydrogens (primary N) is 1. The normalized spacial score (nSPS) is 15.0. The second kappa shape index (κ2) is 4.35. The Morgan fingerprint density at radius 2 is 2.22 bits per heavy atom.